The van der Waals surface area contributed by atoms with Gasteiger partial charge in [0, 0.05) is 12.0 Å². The zero-order valence-electron chi connectivity index (χ0n) is 13.0. The maximum atomic E-state index is 12.1. The van der Waals surface area contributed by atoms with E-state index >= 15 is 0 Å². The first-order valence-electron chi connectivity index (χ1n) is 6.97. The second kappa shape index (κ2) is 7.11. The van der Waals surface area contributed by atoms with E-state index < -0.39 is 17.6 Å². The normalized spacial score (nSPS) is 12.6. The Balaban J connectivity index is 2.56. The number of aryl methyl sites for hydroxylation is 1. The number of carbonyl (C=O) groups is 2. The number of aliphatic carboxylic acids is 1. The summed E-state index contributed by atoms with van der Waals surface area (Å²) in [5.74, 6) is -0.491. The molecule has 0 heterocycles. The van der Waals surface area contributed by atoms with E-state index in [0.29, 0.717) is 12.2 Å². The summed E-state index contributed by atoms with van der Waals surface area (Å²) < 4.78 is 5.60. The number of carboxylic acids is 1. The van der Waals surface area contributed by atoms with Crippen LogP contribution < -0.4 is 10.1 Å². The number of benzene rings is 1. The number of carboxylic acid groups (broad SMARTS) is 1. The molecule has 0 aromatic heterocycles. The van der Waals surface area contributed by atoms with Gasteiger partial charge in [-0.3, -0.25) is 9.59 Å². The van der Waals surface area contributed by atoms with Gasteiger partial charge in [0.05, 0.1) is 0 Å². The Labute approximate surface area is 125 Å². The van der Waals surface area contributed by atoms with Crippen molar-refractivity contribution in [1.82, 2.24) is 5.32 Å². The van der Waals surface area contributed by atoms with Crippen molar-refractivity contribution >= 4 is 11.9 Å². The molecule has 5 nitrogen and oxygen atoms in total. The minimum atomic E-state index is -0.874. The van der Waals surface area contributed by atoms with Crippen molar-refractivity contribution in [3.63, 3.8) is 0 Å². The van der Waals surface area contributed by atoms with E-state index in [-0.39, 0.29) is 12.3 Å². The molecule has 0 radical (unpaired) electrons. The van der Waals surface area contributed by atoms with E-state index in [1.54, 1.807) is 26.8 Å². The molecule has 0 saturated carbocycles. The van der Waals surface area contributed by atoms with Crippen molar-refractivity contribution < 1.29 is 19.4 Å². The SMILES string of the molecule is Cc1cccc(OC(C)C(=O)NC(C)(C)CCC(=O)O)c1. The molecule has 0 aliphatic rings. The Morgan fingerprint density at radius 1 is 1.38 bits per heavy atom. The minimum absolute atomic E-state index is 0.0143. The zero-order valence-corrected chi connectivity index (χ0v) is 13.0. The first-order valence-corrected chi connectivity index (χ1v) is 6.97. The van der Waals surface area contributed by atoms with Crippen LogP contribution in [0.3, 0.4) is 0 Å². The van der Waals surface area contributed by atoms with Crippen LogP contribution in [-0.2, 0) is 9.59 Å². The summed E-state index contributed by atoms with van der Waals surface area (Å²) in [6.07, 6.45) is -0.262. The van der Waals surface area contributed by atoms with Gasteiger partial charge in [-0.2, -0.15) is 0 Å². The molecule has 116 valence electrons. The minimum Gasteiger partial charge on any atom is -0.481 e. The van der Waals surface area contributed by atoms with Crippen LogP contribution in [0.15, 0.2) is 24.3 Å². The summed E-state index contributed by atoms with van der Waals surface area (Å²) in [5, 5.41) is 11.5. The quantitative estimate of drug-likeness (QED) is 0.810. The topological polar surface area (TPSA) is 75.6 Å². The Morgan fingerprint density at radius 3 is 2.62 bits per heavy atom. The van der Waals surface area contributed by atoms with Gasteiger partial charge < -0.3 is 15.2 Å². The Morgan fingerprint density at radius 2 is 2.05 bits per heavy atom. The maximum absolute atomic E-state index is 12.1. The number of hydrogen-bond acceptors (Lipinski definition) is 3. The number of amides is 1. The molecule has 0 bridgehead atoms. The molecule has 0 saturated heterocycles. The third-order valence-electron chi connectivity index (χ3n) is 3.10. The molecular weight excluding hydrogens is 270 g/mol. The number of nitrogens with one attached hydrogen (secondary N) is 1. The fourth-order valence-electron chi connectivity index (χ4n) is 1.86. The van der Waals surface area contributed by atoms with Gasteiger partial charge in [0.1, 0.15) is 5.75 Å². The summed E-state index contributed by atoms with van der Waals surface area (Å²) in [7, 11) is 0. The number of rotatable bonds is 7. The average molecular weight is 293 g/mol. The highest BCUT2D eigenvalue weighted by Crippen LogP contribution is 2.16. The van der Waals surface area contributed by atoms with Gasteiger partial charge >= 0.3 is 5.97 Å². The van der Waals surface area contributed by atoms with E-state index in [4.69, 9.17) is 9.84 Å². The van der Waals surface area contributed by atoms with Crippen molar-refractivity contribution in [2.24, 2.45) is 0 Å². The number of hydrogen-bond donors (Lipinski definition) is 2. The molecular formula is C16H23NO4. The maximum Gasteiger partial charge on any atom is 0.303 e. The molecule has 0 spiro atoms. The number of carbonyl (C=O) groups excluding carboxylic acids is 1. The van der Waals surface area contributed by atoms with Crippen LogP contribution >= 0.6 is 0 Å². The average Bonchev–Trinajstić information content (AvgIpc) is 2.36. The third-order valence-corrected chi connectivity index (χ3v) is 3.10. The molecule has 1 amide bonds. The Bertz CT molecular complexity index is 511. The van der Waals surface area contributed by atoms with Crippen molar-refractivity contribution in [2.75, 3.05) is 0 Å². The summed E-state index contributed by atoms with van der Waals surface area (Å²) >= 11 is 0. The fourth-order valence-corrected chi connectivity index (χ4v) is 1.86. The molecule has 0 aliphatic heterocycles. The van der Waals surface area contributed by atoms with Crippen molar-refractivity contribution in [2.45, 2.75) is 52.2 Å². The van der Waals surface area contributed by atoms with E-state index in [9.17, 15) is 9.59 Å². The van der Waals surface area contributed by atoms with Gasteiger partial charge in [-0.1, -0.05) is 12.1 Å². The van der Waals surface area contributed by atoms with Crippen LogP contribution in [0.2, 0.25) is 0 Å². The van der Waals surface area contributed by atoms with Crippen molar-refractivity contribution in [1.29, 1.82) is 0 Å². The van der Waals surface area contributed by atoms with Gasteiger partial charge in [0.15, 0.2) is 6.10 Å². The van der Waals surface area contributed by atoms with Gasteiger partial charge in [-0.15, -0.1) is 0 Å². The molecule has 0 aliphatic carbocycles. The second-order valence-electron chi connectivity index (χ2n) is 5.84. The van der Waals surface area contributed by atoms with Crippen LogP contribution in [-0.4, -0.2) is 28.6 Å². The highest BCUT2D eigenvalue weighted by molar-refractivity contribution is 5.81. The molecule has 1 aromatic rings. The predicted octanol–water partition coefficient (Wildman–Crippen LogP) is 2.52. The molecule has 2 N–H and O–H groups in total. The van der Waals surface area contributed by atoms with Crippen LogP contribution in [0.4, 0.5) is 0 Å². The monoisotopic (exact) mass is 293 g/mol. The van der Waals surface area contributed by atoms with E-state index in [0.717, 1.165) is 5.56 Å². The third kappa shape index (κ3) is 6.29. The number of ether oxygens (including phenoxy) is 1. The Kier molecular flexibility index (Phi) is 5.76. The van der Waals surface area contributed by atoms with Crippen LogP contribution in [0.5, 0.6) is 5.75 Å². The lowest BCUT2D eigenvalue weighted by Crippen LogP contribution is -2.48. The summed E-state index contributed by atoms with van der Waals surface area (Å²) in [4.78, 5) is 22.7. The van der Waals surface area contributed by atoms with Gasteiger partial charge in [-0.25, -0.2) is 0 Å². The molecule has 1 aromatic carbocycles. The van der Waals surface area contributed by atoms with Gasteiger partial charge in [-0.05, 0) is 51.8 Å². The molecule has 1 atom stereocenters. The first-order chi connectivity index (χ1) is 9.69. The lowest BCUT2D eigenvalue weighted by Gasteiger charge is -2.27. The molecule has 0 fully saturated rings. The van der Waals surface area contributed by atoms with E-state index in [1.165, 1.54) is 0 Å². The summed E-state index contributed by atoms with van der Waals surface area (Å²) in [6, 6.07) is 7.48. The zero-order chi connectivity index (χ0) is 16.0. The summed E-state index contributed by atoms with van der Waals surface area (Å²) in [6.45, 7) is 7.22. The molecule has 1 unspecified atom stereocenters. The smallest absolute Gasteiger partial charge is 0.303 e. The molecule has 21 heavy (non-hydrogen) atoms. The molecule has 1 rings (SSSR count). The van der Waals surface area contributed by atoms with Crippen molar-refractivity contribution in [3.05, 3.63) is 29.8 Å². The first kappa shape index (κ1) is 17.0. The largest absolute Gasteiger partial charge is 0.481 e. The van der Waals surface area contributed by atoms with E-state index in [2.05, 4.69) is 5.32 Å². The Hall–Kier alpha value is -2.04. The van der Waals surface area contributed by atoms with Gasteiger partial charge in [0.25, 0.3) is 5.91 Å². The lowest BCUT2D eigenvalue weighted by atomic mass is 9.98. The molecule has 5 heteroatoms. The lowest BCUT2D eigenvalue weighted by molar-refractivity contribution is -0.138. The fraction of sp³-hybridized carbons (Fsp3) is 0.500. The predicted molar refractivity (Wildman–Crippen MR) is 80.4 cm³/mol. The highest BCUT2D eigenvalue weighted by atomic mass is 16.5. The standard InChI is InChI=1S/C16H23NO4/c1-11-6-5-7-13(10-11)21-12(2)15(20)17-16(3,4)9-8-14(18)19/h5-7,10,12H,8-9H2,1-4H3,(H,17,20)(H,18,19). The second-order valence-corrected chi connectivity index (χ2v) is 5.84. The van der Waals surface area contributed by atoms with Crippen LogP contribution in [0.25, 0.3) is 0 Å². The van der Waals surface area contributed by atoms with Crippen LogP contribution in [0, 0.1) is 6.92 Å². The van der Waals surface area contributed by atoms with Crippen molar-refractivity contribution in [3.8, 4) is 5.75 Å². The van der Waals surface area contributed by atoms with Gasteiger partial charge in [0.2, 0.25) is 0 Å². The summed E-state index contributed by atoms with van der Waals surface area (Å²) in [5.41, 5.74) is 0.474. The highest BCUT2D eigenvalue weighted by Gasteiger charge is 2.25. The van der Waals surface area contributed by atoms with E-state index in [1.807, 2.05) is 25.1 Å². The van der Waals surface area contributed by atoms with Crippen LogP contribution in [0.1, 0.15) is 39.2 Å².